The van der Waals surface area contributed by atoms with Gasteiger partial charge in [-0.05, 0) is 50.9 Å². The number of nitrogens with one attached hydrogen (secondary N) is 2. The zero-order chi connectivity index (χ0) is 18.0. The molecule has 4 N–H and O–H groups in total. The fraction of sp³-hybridized carbons (Fsp3) is 0.647. The lowest BCUT2D eigenvalue weighted by molar-refractivity contribution is -0.117. The number of nitrogens with two attached hydrogens (primary N) is 1. The third-order valence-corrected chi connectivity index (χ3v) is 6.08. The zero-order valence-electron chi connectivity index (χ0n) is 14.6. The number of fused-ring (bicyclic) bond motifs is 2. The molecule has 8 heteroatoms. The van der Waals surface area contributed by atoms with E-state index in [0.717, 1.165) is 29.3 Å². The molecule has 1 aromatic rings. The van der Waals surface area contributed by atoms with Crippen molar-refractivity contribution in [2.45, 2.75) is 50.7 Å². The number of rotatable bonds is 5. The van der Waals surface area contributed by atoms with Gasteiger partial charge in [0.05, 0.1) is 5.75 Å². The number of amides is 3. The molecule has 136 valence electrons. The second-order valence-electron chi connectivity index (χ2n) is 7.15. The van der Waals surface area contributed by atoms with Crippen molar-refractivity contribution >= 4 is 29.5 Å². The minimum Gasteiger partial charge on any atom is -0.384 e. The number of aryl methyl sites for hydroxylation is 1. The van der Waals surface area contributed by atoms with Gasteiger partial charge in [0.2, 0.25) is 5.91 Å². The number of urea groups is 1. The first-order chi connectivity index (χ1) is 11.9. The van der Waals surface area contributed by atoms with Crippen molar-refractivity contribution in [3.05, 3.63) is 11.8 Å². The summed E-state index contributed by atoms with van der Waals surface area (Å²) >= 11 is 1.16. The summed E-state index contributed by atoms with van der Waals surface area (Å²) in [6.45, 7) is 3.85. The normalized spacial score (nSPS) is 25.6. The molecule has 7 nitrogen and oxygen atoms in total. The molecule has 0 aliphatic heterocycles. The third kappa shape index (κ3) is 4.62. The minimum atomic E-state index is -0.425. The summed E-state index contributed by atoms with van der Waals surface area (Å²) in [6, 6.07) is 1.33. The number of aromatic nitrogens is 2. The van der Waals surface area contributed by atoms with E-state index in [9.17, 15) is 9.59 Å². The molecule has 1 aromatic heterocycles. The lowest BCUT2D eigenvalue weighted by atomic mass is 9.84. The first-order valence-corrected chi connectivity index (χ1v) is 9.73. The summed E-state index contributed by atoms with van der Waals surface area (Å²) in [7, 11) is 0. The molecule has 1 heterocycles. The second kappa shape index (κ2) is 7.59. The molecular weight excluding hydrogens is 338 g/mol. The Morgan fingerprint density at radius 3 is 2.80 bits per heavy atom. The van der Waals surface area contributed by atoms with E-state index in [0.29, 0.717) is 16.9 Å². The SMILES string of the molecule is Cc1cc(N)nc(SCC(=O)NC(=O)N[C@@H](C)[C@@H]2C[C@H]3CC[C@H]2C3)n1. The standard InChI is InChI=1S/C17H25N5O2S/c1-9-5-14(18)21-17(19-9)25-8-15(23)22-16(24)20-10(2)13-7-11-3-4-12(13)6-11/h5,10-13H,3-4,6-8H2,1-2H3,(H2,18,19,21)(H2,20,22,23,24)/t10-,11-,12-,13-/m0/s1. The average Bonchev–Trinajstić information content (AvgIpc) is 3.15. The van der Waals surface area contributed by atoms with Gasteiger partial charge in [-0.1, -0.05) is 18.2 Å². The molecule has 2 saturated carbocycles. The topological polar surface area (TPSA) is 110 Å². The average molecular weight is 363 g/mol. The van der Waals surface area contributed by atoms with Crippen LogP contribution in [0.2, 0.25) is 0 Å². The van der Waals surface area contributed by atoms with Crippen LogP contribution in [0.4, 0.5) is 10.6 Å². The predicted molar refractivity (Wildman–Crippen MR) is 97.0 cm³/mol. The number of hydrogen-bond donors (Lipinski definition) is 3. The molecule has 25 heavy (non-hydrogen) atoms. The van der Waals surface area contributed by atoms with E-state index in [1.165, 1.54) is 25.7 Å². The number of nitrogens with zero attached hydrogens (tertiary/aromatic N) is 2. The quantitative estimate of drug-likeness (QED) is 0.546. The molecule has 0 radical (unpaired) electrons. The summed E-state index contributed by atoms with van der Waals surface area (Å²) in [4.78, 5) is 32.2. The Morgan fingerprint density at radius 2 is 2.16 bits per heavy atom. The van der Waals surface area contributed by atoms with Crippen LogP contribution in [0, 0.1) is 24.7 Å². The van der Waals surface area contributed by atoms with Gasteiger partial charge in [-0.15, -0.1) is 0 Å². The second-order valence-corrected chi connectivity index (χ2v) is 8.10. The summed E-state index contributed by atoms with van der Waals surface area (Å²) in [6.07, 6.45) is 5.11. The lowest BCUT2D eigenvalue weighted by Gasteiger charge is -2.28. The Bertz CT molecular complexity index is 648. The monoisotopic (exact) mass is 363 g/mol. The highest BCUT2D eigenvalue weighted by Gasteiger charge is 2.42. The van der Waals surface area contributed by atoms with E-state index < -0.39 is 6.03 Å². The Labute approximate surface area is 151 Å². The van der Waals surface area contributed by atoms with Gasteiger partial charge < -0.3 is 11.1 Å². The third-order valence-electron chi connectivity index (χ3n) is 5.23. The first-order valence-electron chi connectivity index (χ1n) is 8.75. The largest absolute Gasteiger partial charge is 0.384 e. The predicted octanol–water partition coefficient (Wildman–Crippen LogP) is 2.11. The van der Waals surface area contributed by atoms with Crippen LogP contribution >= 0.6 is 11.8 Å². The highest BCUT2D eigenvalue weighted by molar-refractivity contribution is 7.99. The lowest BCUT2D eigenvalue weighted by Crippen LogP contribution is -2.47. The number of imide groups is 1. The molecule has 0 spiro atoms. The fourth-order valence-corrected chi connectivity index (χ4v) is 4.89. The number of hydrogen-bond acceptors (Lipinski definition) is 6. The summed E-state index contributed by atoms with van der Waals surface area (Å²) in [5.74, 6) is 2.17. The van der Waals surface area contributed by atoms with Crippen LogP contribution in [0.5, 0.6) is 0 Å². The van der Waals surface area contributed by atoms with Crippen molar-refractivity contribution in [1.82, 2.24) is 20.6 Å². The molecule has 2 bridgehead atoms. The maximum absolute atomic E-state index is 12.0. The van der Waals surface area contributed by atoms with E-state index in [1.54, 1.807) is 6.07 Å². The molecule has 0 unspecified atom stereocenters. The van der Waals surface area contributed by atoms with E-state index in [2.05, 4.69) is 20.6 Å². The van der Waals surface area contributed by atoms with Crippen molar-refractivity contribution in [2.24, 2.45) is 17.8 Å². The number of nitrogen functional groups attached to an aromatic ring is 1. The van der Waals surface area contributed by atoms with Crippen LogP contribution in [-0.2, 0) is 4.79 Å². The molecule has 2 fully saturated rings. The van der Waals surface area contributed by atoms with Crippen molar-refractivity contribution in [2.75, 3.05) is 11.5 Å². The van der Waals surface area contributed by atoms with Gasteiger partial charge in [-0.3, -0.25) is 10.1 Å². The van der Waals surface area contributed by atoms with Crippen molar-refractivity contribution in [3.8, 4) is 0 Å². The Morgan fingerprint density at radius 1 is 1.36 bits per heavy atom. The maximum Gasteiger partial charge on any atom is 0.321 e. The van der Waals surface area contributed by atoms with Crippen molar-refractivity contribution in [1.29, 1.82) is 0 Å². The highest BCUT2D eigenvalue weighted by atomic mass is 32.2. The smallest absolute Gasteiger partial charge is 0.321 e. The van der Waals surface area contributed by atoms with E-state index in [4.69, 9.17) is 5.73 Å². The van der Waals surface area contributed by atoms with Gasteiger partial charge in [0.1, 0.15) is 5.82 Å². The Kier molecular flexibility index (Phi) is 5.46. The fourth-order valence-electron chi connectivity index (χ4n) is 4.18. The molecular formula is C17H25N5O2S. The van der Waals surface area contributed by atoms with E-state index in [1.807, 2.05) is 13.8 Å². The van der Waals surface area contributed by atoms with Gasteiger partial charge in [0.25, 0.3) is 0 Å². The summed E-state index contributed by atoms with van der Waals surface area (Å²) in [5, 5.41) is 5.74. The van der Waals surface area contributed by atoms with Crippen LogP contribution in [0.3, 0.4) is 0 Å². The van der Waals surface area contributed by atoms with Gasteiger partial charge >= 0.3 is 6.03 Å². The van der Waals surface area contributed by atoms with Crippen LogP contribution in [0.15, 0.2) is 11.2 Å². The number of carbonyl (C=O) groups excluding carboxylic acids is 2. The van der Waals surface area contributed by atoms with Crippen LogP contribution < -0.4 is 16.4 Å². The summed E-state index contributed by atoms with van der Waals surface area (Å²) in [5.41, 5.74) is 6.40. The zero-order valence-corrected chi connectivity index (χ0v) is 15.4. The van der Waals surface area contributed by atoms with Crippen LogP contribution in [0.25, 0.3) is 0 Å². The molecule has 2 aliphatic rings. The van der Waals surface area contributed by atoms with Gasteiger partial charge in [-0.2, -0.15) is 0 Å². The van der Waals surface area contributed by atoms with Gasteiger partial charge in [0, 0.05) is 17.8 Å². The number of carbonyl (C=O) groups is 2. The maximum atomic E-state index is 12.0. The number of thioether (sulfide) groups is 1. The molecule has 2 aliphatic carbocycles. The first kappa shape index (κ1) is 18.0. The van der Waals surface area contributed by atoms with E-state index in [-0.39, 0.29) is 17.7 Å². The van der Waals surface area contributed by atoms with Crippen LogP contribution in [0.1, 0.15) is 38.3 Å². The van der Waals surface area contributed by atoms with Crippen molar-refractivity contribution in [3.63, 3.8) is 0 Å². The molecule has 3 rings (SSSR count). The van der Waals surface area contributed by atoms with Gasteiger partial charge in [0.15, 0.2) is 5.16 Å². The van der Waals surface area contributed by atoms with Crippen molar-refractivity contribution < 1.29 is 9.59 Å². The Balaban J connectivity index is 1.42. The summed E-state index contributed by atoms with van der Waals surface area (Å²) < 4.78 is 0. The minimum absolute atomic E-state index is 0.0683. The number of anilines is 1. The highest BCUT2D eigenvalue weighted by Crippen LogP contribution is 2.49. The molecule has 3 amide bonds. The molecule has 4 atom stereocenters. The van der Waals surface area contributed by atoms with E-state index >= 15 is 0 Å². The molecule has 0 saturated heterocycles. The van der Waals surface area contributed by atoms with Gasteiger partial charge in [-0.25, -0.2) is 14.8 Å². The molecule has 0 aromatic carbocycles. The Hall–Kier alpha value is -1.83. The van der Waals surface area contributed by atoms with Crippen LogP contribution in [-0.4, -0.2) is 33.7 Å².